The number of anilines is 1. The summed E-state index contributed by atoms with van der Waals surface area (Å²) in [6, 6.07) is 21.2. The van der Waals surface area contributed by atoms with Gasteiger partial charge in [0, 0.05) is 11.1 Å². The van der Waals surface area contributed by atoms with Gasteiger partial charge in [0.15, 0.2) is 0 Å². The van der Waals surface area contributed by atoms with Crippen LogP contribution in [0.25, 0.3) is 6.08 Å². The van der Waals surface area contributed by atoms with Gasteiger partial charge in [-0.2, -0.15) is 0 Å². The topological polar surface area (TPSA) is 71.4 Å². The Bertz CT molecular complexity index is 1130. The van der Waals surface area contributed by atoms with Crippen molar-refractivity contribution in [3.63, 3.8) is 0 Å². The molecular formula is C24H20N2O4. The number of carbonyl (C=O) groups excluding carboxylic acids is 1. The van der Waals surface area contributed by atoms with Gasteiger partial charge in [0.25, 0.3) is 5.91 Å². The van der Waals surface area contributed by atoms with E-state index >= 15 is 0 Å². The van der Waals surface area contributed by atoms with Crippen LogP contribution in [-0.2, 0) is 4.79 Å². The summed E-state index contributed by atoms with van der Waals surface area (Å²) >= 11 is 0. The molecule has 30 heavy (non-hydrogen) atoms. The van der Waals surface area contributed by atoms with Gasteiger partial charge in [0.1, 0.15) is 28.8 Å². The summed E-state index contributed by atoms with van der Waals surface area (Å²) in [5, 5.41) is 9.64. The van der Waals surface area contributed by atoms with E-state index in [4.69, 9.17) is 9.47 Å². The van der Waals surface area contributed by atoms with E-state index in [-0.39, 0.29) is 11.7 Å². The minimum atomic E-state index is -0.266. The number of methoxy groups -OCH3 is 2. The van der Waals surface area contributed by atoms with Crippen LogP contribution in [0.3, 0.4) is 0 Å². The zero-order chi connectivity index (χ0) is 21.1. The molecule has 0 aliphatic carbocycles. The van der Waals surface area contributed by atoms with Gasteiger partial charge in [0.2, 0.25) is 0 Å². The molecule has 0 saturated carbocycles. The normalized spacial score (nSPS) is 14.7. The van der Waals surface area contributed by atoms with E-state index in [1.807, 2.05) is 48.5 Å². The number of ether oxygens (including phenoxy) is 2. The lowest BCUT2D eigenvalue weighted by molar-refractivity contribution is -0.113. The fourth-order valence-electron chi connectivity index (χ4n) is 3.22. The number of benzene rings is 3. The number of phenolic OH excluding ortho intramolecular Hbond substituents is 1. The molecule has 0 bridgehead atoms. The molecule has 4 rings (SSSR count). The zero-order valence-corrected chi connectivity index (χ0v) is 16.6. The second-order valence-corrected chi connectivity index (χ2v) is 6.59. The van der Waals surface area contributed by atoms with Gasteiger partial charge in [-0.25, -0.2) is 4.99 Å². The molecular weight excluding hydrogens is 380 g/mol. The Hall–Kier alpha value is -4.06. The summed E-state index contributed by atoms with van der Waals surface area (Å²) in [5.41, 5.74) is 2.42. The minimum Gasteiger partial charge on any atom is -0.508 e. The van der Waals surface area contributed by atoms with Crippen LogP contribution in [-0.4, -0.2) is 31.1 Å². The van der Waals surface area contributed by atoms with Gasteiger partial charge < -0.3 is 14.6 Å². The van der Waals surface area contributed by atoms with E-state index in [1.54, 1.807) is 32.4 Å². The summed E-state index contributed by atoms with van der Waals surface area (Å²) in [6.07, 6.45) is 1.71. The lowest BCUT2D eigenvalue weighted by Gasteiger charge is -2.18. The molecule has 150 valence electrons. The van der Waals surface area contributed by atoms with Gasteiger partial charge in [-0.1, -0.05) is 18.2 Å². The quantitative estimate of drug-likeness (QED) is 0.650. The highest BCUT2D eigenvalue weighted by atomic mass is 16.5. The molecule has 3 aromatic rings. The van der Waals surface area contributed by atoms with E-state index in [2.05, 4.69) is 4.99 Å². The van der Waals surface area contributed by atoms with Crippen LogP contribution in [0.1, 0.15) is 11.1 Å². The molecule has 0 saturated heterocycles. The van der Waals surface area contributed by atoms with Crippen LogP contribution in [0.15, 0.2) is 83.5 Å². The van der Waals surface area contributed by atoms with Gasteiger partial charge in [-0.05, 0) is 60.7 Å². The van der Waals surface area contributed by atoms with Crippen LogP contribution in [0.4, 0.5) is 5.69 Å². The van der Waals surface area contributed by atoms with E-state index in [1.165, 1.54) is 17.0 Å². The standard InChI is InChI=1S/C24H20N2O4/c1-29-20-13-7-16(8-14-20)23-25-21(15-17-5-3-4-6-22(17)30-2)24(28)26(23)18-9-11-19(27)12-10-18/h3-15,27H,1-2H3/b21-15+. The average molecular weight is 400 g/mol. The Kier molecular flexibility index (Phi) is 5.22. The molecule has 0 spiro atoms. The second kappa shape index (κ2) is 8.13. The predicted molar refractivity (Wildman–Crippen MR) is 116 cm³/mol. The predicted octanol–water partition coefficient (Wildman–Crippen LogP) is 4.24. The van der Waals surface area contributed by atoms with Crippen molar-refractivity contribution in [2.24, 2.45) is 4.99 Å². The molecule has 1 N–H and O–H groups in total. The fourth-order valence-corrected chi connectivity index (χ4v) is 3.22. The molecule has 0 fully saturated rings. The number of aliphatic imine (C=N–C) groups is 1. The summed E-state index contributed by atoms with van der Waals surface area (Å²) in [4.78, 5) is 19.5. The highest BCUT2D eigenvalue weighted by Crippen LogP contribution is 2.31. The van der Waals surface area contributed by atoms with Crippen molar-refractivity contribution in [3.8, 4) is 17.2 Å². The number of nitrogens with zero attached hydrogens (tertiary/aromatic N) is 2. The first-order valence-corrected chi connectivity index (χ1v) is 9.32. The van der Waals surface area contributed by atoms with Gasteiger partial charge in [-0.15, -0.1) is 0 Å². The first-order chi connectivity index (χ1) is 14.6. The van der Waals surface area contributed by atoms with E-state index in [0.717, 1.165) is 11.1 Å². The van der Waals surface area contributed by atoms with Gasteiger partial charge >= 0.3 is 0 Å². The SMILES string of the molecule is COc1ccc(C2=N/C(=C/c3ccccc3OC)C(=O)N2c2ccc(O)cc2)cc1. The summed E-state index contributed by atoms with van der Waals surface area (Å²) in [6.45, 7) is 0. The molecule has 1 aliphatic heterocycles. The lowest BCUT2D eigenvalue weighted by atomic mass is 10.1. The first kappa shape index (κ1) is 19.3. The van der Waals surface area contributed by atoms with E-state index in [9.17, 15) is 9.90 Å². The third kappa shape index (κ3) is 3.63. The maximum Gasteiger partial charge on any atom is 0.282 e. The average Bonchev–Trinajstić information content (AvgIpc) is 3.11. The van der Waals surface area contributed by atoms with Crippen LogP contribution < -0.4 is 14.4 Å². The molecule has 0 atom stereocenters. The smallest absolute Gasteiger partial charge is 0.282 e. The second-order valence-electron chi connectivity index (χ2n) is 6.59. The van der Waals surface area contributed by atoms with Crippen molar-refractivity contribution in [3.05, 3.63) is 89.6 Å². The Labute approximate surface area is 174 Å². The van der Waals surface area contributed by atoms with Gasteiger partial charge in [-0.3, -0.25) is 9.69 Å². The number of phenols is 1. The van der Waals surface area contributed by atoms with Crippen LogP contribution in [0.5, 0.6) is 17.2 Å². The first-order valence-electron chi connectivity index (χ1n) is 9.32. The van der Waals surface area contributed by atoms with Crippen molar-refractivity contribution in [1.82, 2.24) is 0 Å². The summed E-state index contributed by atoms with van der Waals surface area (Å²) < 4.78 is 10.6. The maximum atomic E-state index is 13.3. The van der Waals surface area contributed by atoms with Crippen molar-refractivity contribution < 1.29 is 19.4 Å². The molecule has 3 aromatic carbocycles. The van der Waals surface area contributed by atoms with Crippen LogP contribution in [0, 0.1) is 0 Å². The third-order valence-corrected chi connectivity index (χ3v) is 4.75. The van der Waals surface area contributed by atoms with Crippen molar-refractivity contribution in [2.45, 2.75) is 0 Å². The summed E-state index contributed by atoms with van der Waals surface area (Å²) in [5.74, 6) is 1.72. The molecule has 1 aliphatic rings. The number of aromatic hydroxyl groups is 1. The molecule has 0 aromatic heterocycles. The third-order valence-electron chi connectivity index (χ3n) is 4.75. The number of hydrogen-bond acceptors (Lipinski definition) is 5. The van der Waals surface area contributed by atoms with Crippen molar-refractivity contribution >= 4 is 23.5 Å². The number of para-hydroxylation sites is 1. The molecule has 1 heterocycles. The van der Waals surface area contributed by atoms with Gasteiger partial charge in [0.05, 0.1) is 19.9 Å². The summed E-state index contributed by atoms with van der Waals surface area (Å²) in [7, 11) is 3.19. The number of amidine groups is 1. The molecule has 1 amide bonds. The Morgan fingerprint density at radius 2 is 1.60 bits per heavy atom. The molecule has 0 radical (unpaired) electrons. The van der Waals surface area contributed by atoms with E-state index in [0.29, 0.717) is 28.7 Å². The number of rotatable bonds is 5. The largest absolute Gasteiger partial charge is 0.508 e. The lowest BCUT2D eigenvalue weighted by Crippen LogP contribution is -2.32. The highest BCUT2D eigenvalue weighted by Gasteiger charge is 2.32. The van der Waals surface area contributed by atoms with Crippen LogP contribution >= 0.6 is 0 Å². The molecule has 6 heteroatoms. The van der Waals surface area contributed by atoms with E-state index < -0.39 is 0 Å². The van der Waals surface area contributed by atoms with Crippen molar-refractivity contribution in [2.75, 3.05) is 19.1 Å². The van der Waals surface area contributed by atoms with Crippen molar-refractivity contribution in [1.29, 1.82) is 0 Å². The number of hydrogen-bond donors (Lipinski definition) is 1. The number of carbonyl (C=O) groups is 1. The minimum absolute atomic E-state index is 0.123. The molecule has 0 unspecified atom stereocenters. The fraction of sp³-hybridized carbons (Fsp3) is 0.0833. The highest BCUT2D eigenvalue weighted by molar-refractivity contribution is 6.33. The Morgan fingerprint density at radius 3 is 2.27 bits per heavy atom. The Balaban J connectivity index is 1.82. The maximum absolute atomic E-state index is 13.3. The zero-order valence-electron chi connectivity index (χ0n) is 16.6. The molecule has 6 nitrogen and oxygen atoms in total. The number of amides is 1. The van der Waals surface area contributed by atoms with Crippen LogP contribution in [0.2, 0.25) is 0 Å². The Morgan fingerprint density at radius 1 is 0.900 bits per heavy atom. The monoisotopic (exact) mass is 400 g/mol.